The van der Waals surface area contributed by atoms with Gasteiger partial charge in [-0.3, -0.25) is 10.1 Å². The van der Waals surface area contributed by atoms with E-state index >= 15 is 0 Å². The molecule has 0 radical (unpaired) electrons. The van der Waals surface area contributed by atoms with Crippen molar-refractivity contribution in [2.75, 3.05) is 5.32 Å². The fourth-order valence-corrected chi connectivity index (χ4v) is 2.41. The zero-order valence-corrected chi connectivity index (χ0v) is 12.7. The summed E-state index contributed by atoms with van der Waals surface area (Å²) in [5, 5.41) is 5.28. The lowest BCUT2D eigenvalue weighted by Gasteiger charge is -2.04. The lowest BCUT2D eigenvalue weighted by Crippen LogP contribution is -2.07. The maximum Gasteiger partial charge on any atom is 0.250 e. The number of anilines is 1. The molecule has 0 unspecified atom stereocenters. The van der Waals surface area contributed by atoms with Gasteiger partial charge in [-0.2, -0.15) is 0 Å². The highest BCUT2D eigenvalue weighted by molar-refractivity contribution is 7.13. The Labute approximate surface area is 123 Å². The molecule has 0 fully saturated rings. The Balaban J connectivity index is 1.96. The molecule has 20 heavy (non-hydrogen) atoms. The molecule has 0 aliphatic rings. The average molecular weight is 286 g/mol. The fourth-order valence-electron chi connectivity index (χ4n) is 1.72. The van der Waals surface area contributed by atoms with Crippen LogP contribution >= 0.6 is 11.3 Å². The van der Waals surface area contributed by atoms with E-state index < -0.39 is 0 Å². The van der Waals surface area contributed by atoms with Crippen molar-refractivity contribution in [3.05, 3.63) is 52.5 Å². The summed E-state index contributed by atoms with van der Waals surface area (Å²) in [6.07, 6.45) is 3.33. The van der Waals surface area contributed by atoms with E-state index in [0.29, 0.717) is 11.0 Å². The average Bonchev–Trinajstić information content (AvgIpc) is 2.82. The quantitative estimate of drug-likeness (QED) is 0.855. The molecule has 2 rings (SSSR count). The molecule has 104 valence electrons. The third-order valence-corrected chi connectivity index (χ3v) is 3.76. The Hall–Kier alpha value is -1.94. The Bertz CT molecular complexity index is 612. The summed E-state index contributed by atoms with van der Waals surface area (Å²) in [6.45, 7) is 6.22. The van der Waals surface area contributed by atoms with Crippen molar-refractivity contribution in [2.24, 2.45) is 0 Å². The van der Waals surface area contributed by atoms with Crippen LogP contribution in [0.2, 0.25) is 0 Å². The smallest absolute Gasteiger partial charge is 0.250 e. The first-order valence-electron chi connectivity index (χ1n) is 6.56. The van der Waals surface area contributed by atoms with Gasteiger partial charge in [-0.1, -0.05) is 38.1 Å². The molecule has 3 nitrogen and oxygen atoms in total. The van der Waals surface area contributed by atoms with E-state index in [1.54, 1.807) is 6.08 Å². The summed E-state index contributed by atoms with van der Waals surface area (Å²) < 4.78 is 0. The number of carbonyl (C=O) groups is 1. The van der Waals surface area contributed by atoms with Gasteiger partial charge in [-0.15, -0.1) is 11.3 Å². The summed E-state index contributed by atoms with van der Waals surface area (Å²) in [5.74, 6) is 0.358. The van der Waals surface area contributed by atoms with Crippen LogP contribution in [-0.4, -0.2) is 10.9 Å². The fraction of sp³-hybridized carbons (Fsp3) is 0.250. The van der Waals surface area contributed by atoms with Gasteiger partial charge in [0.05, 0.1) is 5.69 Å². The lowest BCUT2D eigenvalue weighted by molar-refractivity contribution is -0.111. The van der Waals surface area contributed by atoms with E-state index in [-0.39, 0.29) is 5.91 Å². The van der Waals surface area contributed by atoms with E-state index in [0.717, 1.165) is 11.3 Å². The predicted octanol–water partition coefficient (Wildman–Crippen LogP) is 4.23. The third-order valence-electron chi connectivity index (χ3n) is 2.88. The molecule has 0 saturated heterocycles. The summed E-state index contributed by atoms with van der Waals surface area (Å²) in [4.78, 5) is 15.9. The van der Waals surface area contributed by atoms with Gasteiger partial charge >= 0.3 is 0 Å². The molecule has 0 atom stereocenters. The summed E-state index contributed by atoms with van der Waals surface area (Å²) in [7, 11) is 0. The monoisotopic (exact) mass is 286 g/mol. The maximum absolute atomic E-state index is 11.7. The molecule has 0 aliphatic heterocycles. The summed E-state index contributed by atoms with van der Waals surface area (Å²) >= 11 is 1.43. The van der Waals surface area contributed by atoms with Crippen LogP contribution in [0, 0.1) is 6.92 Å². The molecule has 0 bridgehead atoms. The number of aryl methyl sites for hydroxylation is 1. The molecular weight excluding hydrogens is 268 g/mol. The van der Waals surface area contributed by atoms with Crippen molar-refractivity contribution in [1.82, 2.24) is 4.98 Å². The molecule has 4 heteroatoms. The maximum atomic E-state index is 11.7. The normalized spacial score (nSPS) is 11.2. The largest absolute Gasteiger partial charge is 0.298 e. The highest BCUT2D eigenvalue weighted by atomic mass is 32.1. The second kappa shape index (κ2) is 6.48. The van der Waals surface area contributed by atoms with Gasteiger partial charge in [-0.05, 0) is 30.0 Å². The SMILES string of the molecule is Cc1csc(NC(=O)C=Cc2ccc(C(C)C)cc2)n1. The van der Waals surface area contributed by atoms with E-state index in [9.17, 15) is 4.79 Å². The molecule has 0 saturated carbocycles. The van der Waals surface area contributed by atoms with E-state index in [1.165, 1.54) is 23.0 Å². The second-order valence-electron chi connectivity index (χ2n) is 4.94. The van der Waals surface area contributed by atoms with Gasteiger partial charge in [0, 0.05) is 11.5 Å². The van der Waals surface area contributed by atoms with Crippen LogP contribution in [-0.2, 0) is 4.79 Å². The zero-order chi connectivity index (χ0) is 14.5. The number of aromatic nitrogens is 1. The molecule has 0 aliphatic carbocycles. The minimum Gasteiger partial charge on any atom is -0.298 e. The van der Waals surface area contributed by atoms with Gasteiger partial charge in [0.1, 0.15) is 0 Å². The first kappa shape index (κ1) is 14.5. The van der Waals surface area contributed by atoms with Crippen molar-refractivity contribution in [1.29, 1.82) is 0 Å². The zero-order valence-electron chi connectivity index (χ0n) is 11.9. The van der Waals surface area contributed by atoms with Crippen molar-refractivity contribution < 1.29 is 4.79 Å². The topological polar surface area (TPSA) is 42.0 Å². The number of carbonyl (C=O) groups excluding carboxylic acids is 1. The van der Waals surface area contributed by atoms with Gasteiger partial charge in [0.2, 0.25) is 5.91 Å². The van der Waals surface area contributed by atoms with Gasteiger partial charge in [-0.25, -0.2) is 4.98 Å². The highest BCUT2D eigenvalue weighted by Crippen LogP contribution is 2.16. The third kappa shape index (κ3) is 4.03. The molecule has 1 amide bonds. The summed E-state index contributed by atoms with van der Waals surface area (Å²) in [5.41, 5.74) is 3.23. The minimum absolute atomic E-state index is 0.160. The van der Waals surface area contributed by atoms with Crippen molar-refractivity contribution in [3.8, 4) is 0 Å². The minimum atomic E-state index is -0.160. The number of nitrogens with one attached hydrogen (secondary N) is 1. The molecule has 1 heterocycles. The van der Waals surface area contributed by atoms with E-state index in [1.807, 2.05) is 24.4 Å². The van der Waals surface area contributed by atoms with Crippen LogP contribution in [0.15, 0.2) is 35.7 Å². The first-order valence-corrected chi connectivity index (χ1v) is 7.43. The van der Waals surface area contributed by atoms with E-state index in [2.05, 4.69) is 36.3 Å². The molecule has 1 aromatic carbocycles. The first-order chi connectivity index (χ1) is 9.54. The van der Waals surface area contributed by atoms with E-state index in [4.69, 9.17) is 0 Å². The highest BCUT2D eigenvalue weighted by Gasteiger charge is 2.02. The molecule has 1 aromatic heterocycles. The van der Waals surface area contributed by atoms with Gasteiger partial charge in [0.15, 0.2) is 5.13 Å². The van der Waals surface area contributed by atoms with Crippen molar-refractivity contribution >= 4 is 28.5 Å². The van der Waals surface area contributed by atoms with Crippen molar-refractivity contribution in [3.63, 3.8) is 0 Å². The number of rotatable bonds is 4. The molecule has 1 N–H and O–H groups in total. The Morgan fingerprint density at radius 3 is 2.55 bits per heavy atom. The lowest BCUT2D eigenvalue weighted by atomic mass is 10.0. The van der Waals surface area contributed by atoms with Gasteiger partial charge < -0.3 is 0 Å². The second-order valence-corrected chi connectivity index (χ2v) is 5.80. The number of benzene rings is 1. The number of hydrogen-bond donors (Lipinski definition) is 1. The van der Waals surface area contributed by atoms with Crippen LogP contribution in [0.1, 0.15) is 36.6 Å². The number of nitrogens with zero attached hydrogens (tertiary/aromatic N) is 1. The standard InChI is InChI=1S/C16H18N2OS/c1-11(2)14-7-4-13(5-8-14)6-9-15(19)18-16-17-12(3)10-20-16/h4-11H,1-3H3,(H,17,18,19). The van der Waals surface area contributed by atoms with Crippen LogP contribution in [0.4, 0.5) is 5.13 Å². The molecule has 0 spiro atoms. The van der Waals surface area contributed by atoms with Crippen LogP contribution < -0.4 is 5.32 Å². The number of thiazole rings is 1. The Morgan fingerprint density at radius 1 is 1.30 bits per heavy atom. The molecular formula is C16H18N2OS. The Morgan fingerprint density at radius 2 is 2.00 bits per heavy atom. The van der Waals surface area contributed by atoms with Crippen LogP contribution in [0.5, 0.6) is 0 Å². The van der Waals surface area contributed by atoms with Crippen LogP contribution in [0.3, 0.4) is 0 Å². The van der Waals surface area contributed by atoms with Crippen LogP contribution in [0.25, 0.3) is 6.08 Å². The number of amides is 1. The number of hydrogen-bond acceptors (Lipinski definition) is 3. The van der Waals surface area contributed by atoms with Gasteiger partial charge in [0.25, 0.3) is 0 Å². The summed E-state index contributed by atoms with van der Waals surface area (Å²) in [6, 6.07) is 8.22. The molecule has 2 aromatic rings. The predicted molar refractivity (Wildman–Crippen MR) is 85.0 cm³/mol. The van der Waals surface area contributed by atoms with Crippen molar-refractivity contribution in [2.45, 2.75) is 26.7 Å². The Kier molecular flexibility index (Phi) is 4.69.